The van der Waals surface area contributed by atoms with Gasteiger partial charge in [0.2, 0.25) is 0 Å². The van der Waals surface area contributed by atoms with Gasteiger partial charge in [0.25, 0.3) is 0 Å². The van der Waals surface area contributed by atoms with Crippen molar-refractivity contribution < 1.29 is 19.7 Å². The second-order valence-corrected chi connectivity index (χ2v) is 3.68. The molecule has 0 aromatic heterocycles. The Morgan fingerprint density at radius 2 is 2.24 bits per heavy atom. The molecule has 4 N–H and O–H groups in total. The summed E-state index contributed by atoms with van der Waals surface area (Å²) in [5, 5.41) is 18.2. The van der Waals surface area contributed by atoms with Crippen molar-refractivity contribution in [3.63, 3.8) is 0 Å². The molecule has 0 saturated carbocycles. The molecule has 0 amide bonds. The number of carbonyl (C=O) groups is 1. The maximum absolute atomic E-state index is 11.6. The van der Waals surface area contributed by atoms with E-state index in [9.17, 15) is 9.90 Å². The average molecular weight is 239 g/mol. The van der Waals surface area contributed by atoms with Crippen LogP contribution in [0.4, 0.5) is 5.69 Å². The van der Waals surface area contributed by atoms with Crippen LogP contribution in [-0.2, 0) is 11.2 Å². The molecule has 0 heterocycles. The van der Waals surface area contributed by atoms with E-state index in [0.717, 1.165) is 0 Å². The van der Waals surface area contributed by atoms with Crippen LogP contribution >= 0.6 is 0 Å². The SMILES string of the molecule is CCOC(=O)c1ccc(N)cc1CC(O)CO. The second kappa shape index (κ2) is 6.22. The van der Waals surface area contributed by atoms with Crippen LogP contribution in [0, 0.1) is 0 Å². The zero-order valence-corrected chi connectivity index (χ0v) is 9.72. The summed E-state index contributed by atoms with van der Waals surface area (Å²) in [5.74, 6) is -0.451. The first-order chi connectivity index (χ1) is 8.08. The molecule has 0 spiro atoms. The molecule has 1 aromatic rings. The van der Waals surface area contributed by atoms with E-state index in [0.29, 0.717) is 16.8 Å². The van der Waals surface area contributed by atoms with Gasteiger partial charge >= 0.3 is 5.97 Å². The molecule has 1 unspecified atom stereocenters. The lowest BCUT2D eigenvalue weighted by Crippen LogP contribution is -2.18. The Kier molecular flexibility index (Phi) is 4.93. The van der Waals surface area contributed by atoms with Crippen molar-refractivity contribution >= 4 is 11.7 Å². The first-order valence-electron chi connectivity index (χ1n) is 5.43. The van der Waals surface area contributed by atoms with Crippen LogP contribution in [0.1, 0.15) is 22.8 Å². The number of hydrogen-bond donors (Lipinski definition) is 3. The summed E-state index contributed by atoms with van der Waals surface area (Å²) < 4.78 is 4.90. The van der Waals surface area contributed by atoms with E-state index < -0.39 is 12.1 Å². The van der Waals surface area contributed by atoms with Crippen molar-refractivity contribution in [2.75, 3.05) is 18.9 Å². The minimum atomic E-state index is -0.912. The van der Waals surface area contributed by atoms with Gasteiger partial charge in [-0.25, -0.2) is 4.79 Å². The molecule has 0 bridgehead atoms. The van der Waals surface area contributed by atoms with Crippen molar-refractivity contribution in [3.05, 3.63) is 29.3 Å². The summed E-state index contributed by atoms with van der Waals surface area (Å²) in [6, 6.07) is 4.76. The van der Waals surface area contributed by atoms with Crippen molar-refractivity contribution in [2.45, 2.75) is 19.4 Å². The van der Waals surface area contributed by atoms with Gasteiger partial charge in [-0.3, -0.25) is 0 Å². The lowest BCUT2D eigenvalue weighted by Gasteiger charge is -2.12. The Balaban J connectivity index is 2.99. The first-order valence-corrected chi connectivity index (χ1v) is 5.43. The van der Waals surface area contributed by atoms with Crippen molar-refractivity contribution in [3.8, 4) is 0 Å². The quantitative estimate of drug-likeness (QED) is 0.509. The summed E-state index contributed by atoms with van der Waals surface area (Å²) in [4.78, 5) is 11.6. The molecule has 0 aliphatic rings. The predicted octanol–water partition coefficient (Wildman–Crippen LogP) is 0.341. The number of carbonyl (C=O) groups excluding carboxylic acids is 1. The van der Waals surface area contributed by atoms with Gasteiger partial charge < -0.3 is 20.7 Å². The van der Waals surface area contributed by atoms with Gasteiger partial charge in [0.05, 0.1) is 24.9 Å². The van der Waals surface area contributed by atoms with Gasteiger partial charge in [-0.05, 0) is 30.7 Å². The molecule has 1 atom stereocenters. The highest BCUT2D eigenvalue weighted by Gasteiger charge is 2.15. The molecule has 0 fully saturated rings. The van der Waals surface area contributed by atoms with Crippen LogP contribution in [0.15, 0.2) is 18.2 Å². The smallest absolute Gasteiger partial charge is 0.338 e. The summed E-state index contributed by atoms with van der Waals surface area (Å²) in [7, 11) is 0. The van der Waals surface area contributed by atoms with Crippen LogP contribution in [0.5, 0.6) is 0 Å². The largest absolute Gasteiger partial charge is 0.462 e. The molecule has 1 aromatic carbocycles. The highest BCUT2D eigenvalue weighted by Crippen LogP contribution is 2.17. The minimum Gasteiger partial charge on any atom is -0.462 e. The topological polar surface area (TPSA) is 92.8 Å². The van der Waals surface area contributed by atoms with Crippen LogP contribution in [0.3, 0.4) is 0 Å². The highest BCUT2D eigenvalue weighted by molar-refractivity contribution is 5.91. The molecule has 5 nitrogen and oxygen atoms in total. The summed E-state index contributed by atoms with van der Waals surface area (Å²) in [5.41, 5.74) is 7.06. The standard InChI is InChI=1S/C12H17NO4/c1-2-17-12(16)11-4-3-9(13)5-8(11)6-10(15)7-14/h3-5,10,14-15H,2,6-7,13H2,1H3. The zero-order valence-electron chi connectivity index (χ0n) is 9.72. The number of nitrogens with two attached hydrogens (primary N) is 1. The number of esters is 1. The molecule has 1 rings (SSSR count). The van der Waals surface area contributed by atoms with E-state index in [1.807, 2.05) is 0 Å². The summed E-state index contributed by atoms with van der Waals surface area (Å²) in [6.07, 6.45) is -0.750. The Bertz CT molecular complexity index is 392. The third kappa shape index (κ3) is 3.72. The third-order valence-electron chi connectivity index (χ3n) is 2.29. The van der Waals surface area contributed by atoms with Gasteiger partial charge in [0.15, 0.2) is 0 Å². The average Bonchev–Trinajstić information content (AvgIpc) is 2.29. The lowest BCUT2D eigenvalue weighted by atomic mass is 10.0. The van der Waals surface area contributed by atoms with E-state index in [2.05, 4.69) is 0 Å². The number of aliphatic hydroxyl groups excluding tert-OH is 2. The maximum Gasteiger partial charge on any atom is 0.338 e. The Morgan fingerprint density at radius 1 is 1.53 bits per heavy atom. The minimum absolute atomic E-state index is 0.162. The van der Waals surface area contributed by atoms with Gasteiger partial charge in [0.1, 0.15) is 0 Å². The summed E-state index contributed by atoms with van der Waals surface area (Å²) >= 11 is 0. The first kappa shape index (κ1) is 13.5. The third-order valence-corrected chi connectivity index (χ3v) is 2.29. The normalized spacial score (nSPS) is 12.2. The number of benzene rings is 1. The Morgan fingerprint density at radius 3 is 2.82 bits per heavy atom. The van der Waals surface area contributed by atoms with Crippen LogP contribution < -0.4 is 5.73 Å². The highest BCUT2D eigenvalue weighted by atomic mass is 16.5. The van der Waals surface area contributed by atoms with E-state index >= 15 is 0 Å². The van der Waals surface area contributed by atoms with Gasteiger partial charge in [0, 0.05) is 12.1 Å². The number of aliphatic hydroxyl groups is 2. The molecule has 0 radical (unpaired) electrons. The van der Waals surface area contributed by atoms with E-state index in [1.165, 1.54) is 0 Å². The van der Waals surface area contributed by atoms with Gasteiger partial charge in [-0.15, -0.1) is 0 Å². The molecular formula is C12H17NO4. The fourth-order valence-corrected chi connectivity index (χ4v) is 1.51. The number of anilines is 1. The number of nitrogen functional groups attached to an aromatic ring is 1. The molecule has 0 aliphatic heterocycles. The van der Waals surface area contributed by atoms with Gasteiger partial charge in [-0.2, -0.15) is 0 Å². The Labute approximate surface area is 99.8 Å². The van der Waals surface area contributed by atoms with Crippen molar-refractivity contribution in [1.82, 2.24) is 0 Å². The molecule has 94 valence electrons. The number of hydrogen-bond acceptors (Lipinski definition) is 5. The lowest BCUT2D eigenvalue weighted by molar-refractivity contribution is 0.0522. The number of rotatable bonds is 5. The summed E-state index contributed by atoms with van der Waals surface area (Å²) in [6.45, 7) is 1.64. The van der Waals surface area contributed by atoms with E-state index in [-0.39, 0.29) is 19.6 Å². The van der Waals surface area contributed by atoms with Crippen LogP contribution in [-0.4, -0.2) is 35.5 Å². The predicted molar refractivity (Wildman–Crippen MR) is 63.6 cm³/mol. The fourth-order valence-electron chi connectivity index (χ4n) is 1.51. The fraction of sp³-hybridized carbons (Fsp3) is 0.417. The maximum atomic E-state index is 11.6. The van der Waals surface area contributed by atoms with Crippen LogP contribution in [0.2, 0.25) is 0 Å². The zero-order chi connectivity index (χ0) is 12.8. The molecule has 17 heavy (non-hydrogen) atoms. The number of ether oxygens (including phenoxy) is 1. The van der Waals surface area contributed by atoms with Gasteiger partial charge in [-0.1, -0.05) is 0 Å². The van der Waals surface area contributed by atoms with Crippen molar-refractivity contribution in [1.29, 1.82) is 0 Å². The molecule has 5 heteroatoms. The molecule has 0 aliphatic carbocycles. The van der Waals surface area contributed by atoms with E-state index in [4.69, 9.17) is 15.6 Å². The van der Waals surface area contributed by atoms with Crippen molar-refractivity contribution in [2.24, 2.45) is 0 Å². The van der Waals surface area contributed by atoms with E-state index in [1.54, 1.807) is 25.1 Å². The van der Waals surface area contributed by atoms with Crippen LogP contribution in [0.25, 0.3) is 0 Å². The monoisotopic (exact) mass is 239 g/mol. The Hall–Kier alpha value is -1.59. The molecular weight excluding hydrogens is 222 g/mol. The second-order valence-electron chi connectivity index (χ2n) is 3.68. The molecule has 0 saturated heterocycles.